The molecule has 162 valence electrons. The van der Waals surface area contributed by atoms with Gasteiger partial charge in [0.15, 0.2) is 0 Å². The number of hydrogen-bond donors (Lipinski definition) is 0. The molecule has 5 aromatic rings. The van der Waals surface area contributed by atoms with Gasteiger partial charge in [0.1, 0.15) is 12.3 Å². The number of hydrogen-bond acceptors (Lipinski definition) is 5. The van der Waals surface area contributed by atoms with Gasteiger partial charge in [-0.1, -0.05) is 48.0 Å². The number of nitrogens with zero attached hydrogens (tertiary/aromatic N) is 3. The first kappa shape index (κ1) is 20.8. The van der Waals surface area contributed by atoms with Gasteiger partial charge in [0.05, 0.1) is 22.5 Å². The molecule has 2 aromatic carbocycles. The number of ether oxygens (including phenoxy) is 1. The standard InChI is InChI=1S/C26H18ClN3O3/c1-16-6-11-24-28-19(12-25(31)30(24)14-16)15-33-26(32)21-13-23(17-7-9-18(27)10-8-17)29-22-5-3-2-4-20(21)22/h2-14H,15H2,1H3. The summed E-state index contributed by atoms with van der Waals surface area (Å²) >= 11 is 6.01. The van der Waals surface area contributed by atoms with Crippen LogP contribution in [0.3, 0.4) is 0 Å². The Balaban J connectivity index is 1.48. The Kier molecular flexibility index (Phi) is 5.36. The highest BCUT2D eigenvalue weighted by molar-refractivity contribution is 6.30. The zero-order chi connectivity index (χ0) is 22.9. The van der Waals surface area contributed by atoms with Crippen molar-refractivity contribution in [1.29, 1.82) is 0 Å². The molecule has 33 heavy (non-hydrogen) atoms. The highest BCUT2D eigenvalue weighted by Crippen LogP contribution is 2.26. The molecule has 3 heterocycles. The van der Waals surface area contributed by atoms with E-state index in [1.165, 1.54) is 10.5 Å². The number of aromatic nitrogens is 3. The van der Waals surface area contributed by atoms with Crippen LogP contribution in [0.2, 0.25) is 5.02 Å². The van der Waals surface area contributed by atoms with E-state index in [1.54, 1.807) is 30.5 Å². The molecule has 0 spiro atoms. The molecule has 0 saturated carbocycles. The summed E-state index contributed by atoms with van der Waals surface area (Å²) in [6.45, 7) is 1.78. The molecule has 0 unspecified atom stereocenters. The molecule has 0 aliphatic rings. The molecule has 0 atom stereocenters. The van der Waals surface area contributed by atoms with Crippen LogP contribution in [0.15, 0.2) is 83.8 Å². The lowest BCUT2D eigenvalue weighted by Gasteiger charge is -2.10. The van der Waals surface area contributed by atoms with Gasteiger partial charge in [0.2, 0.25) is 0 Å². The van der Waals surface area contributed by atoms with Crippen molar-refractivity contribution >= 4 is 34.1 Å². The second kappa shape index (κ2) is 8.48. The predicted octanol–water partition coefficient (Wildman–Crippen LogP) is 5.23. The van der Waals surface area contributed by atoms with E-state index in [0.717, 1.165) is 11.1 Å². The van der Waals surface area contributed by atoms with Gasteiger partial charge in [0.25, 0.3) is 5.56 Å². The number of fused-ring (bicyclic) bond motifs is 2. The topological polar surface area (TPSA) is 73.6 Å². The third-order valence-corrected chi connectivity index (χ3v) is 5.54. The lowest BCUT2D eigenvalue weighted by atomic mass is 10.0. The first-order chi connectivity index (χ1) is 16.0. The monoisotopic (exact) mass is 455 g/mol. The highest BCUT2D eigenvalue weighted by Gasteiger charge is 2.16. The number of halogens is 1. The number of rotatable bonds is 4. The van der Waals surface area contributed by atoms with E-state index in [2.05, 4.69) is 9.97 Å². The van der Waals surface area contributed by atoms with Crippen molar-refractivity contribution in [2.45, 2.75) is 13.5 Å². The van der Waals surface area contributed by atoms with Crippen LogP contribution < -0.4 is 5.56 Å². The molecule has 3 aromatic heterocycles. The summed E-state index contributed by atoms with van der Waals surface area (Å²) < 4.78 is 7.03. The maximum atomic E-state index is 13.1. The average Bonchev–Trinajstić information content (AvgIpc) is 2.83. The summed E-state index contributed by atoms with van der Waals surface area (Å²) in [6.07, 6.45) is 1.72. The van der Waals surface area contributed by atoms with Gasteiger partial charge in [-0.15, -0.1) is 0 Å². The number of aryl methyl sites for hydroxylation is 1. The number of pyridine rings is 2. The number of para-hydroxylation sites is 1. The molecule has 0 fully saturated rings. The second-order valence-corrected chi connectivity index (χ2v) is 8.11. The van der Waals surface area contributed by atoms with E-state index in [4.69, 9.17) is 16.3 Å². The average molecular weight is 456 g/mol. The third-order valence-electron chi connectivity index (χ3n) is 5.29. The number of benzene rings is 2. The Morgan fingerprint density at radius 1 is 1.00 bits per heavy atom. The van der Waals surface area contributed by atoms with Crippen LogP contribution in [0, 0.1) is 6.92 Å². The van der Waals surface area contributed by atoms with E-state index < -0.39 is 5.97 Å². The quantitative estimate of drug-likeness (QED) is 0.347. The lowest BCUT2D eigenvalue weighted by molar-refractivity contribution is 0.0470. The Labute approximate surface area is 194 Å². The van der Waals surface area contributed by atoms with E-state index in [1.807, 2.05) is 49.4 Å². The van der Waals surface area contributed by atoms with Crippen molar-refractivity contribution in [3.8, 4) is 11.3 Å². The summed E-state index contributed by atoms with van der Waals surface area (Å²) in [5.74, 6) is -0.519. The minimum Gasteiger partial charge on any atom is -0.456 e. The Hall–Kier alpha value is -4.03. The molecule has 0 amide bonds. The molecule has 7 heteroatoms. The smallest absolute Gasteiger partial charge is 0.339 e. The van der Waals surface area contributed by atoms with Crippen LogP contribution in [0.5, 0.6) is 0 Å². The van der Waals surface area contributed by atoms with Crippen LogP contribution in [0.1, 0.15) is 21.6 Å². The van der Waals surface area contributed by atoms with Crippen LogP contribution in [-0.2, 0) is 11.3 Å². The van der Waals surface area contributed by atoms with Crippen LogP contribution >= 0.6 is 11.6 Å². The Morgan fingerprint density at radius 2 is 1.79 bits per heavy atom. The maximum Gasteiger partial charge on any atom is 0.339 e. The Bertz CT molecular complexity index is 1580. The van der Waals surface area contributed by atoms with Gasteiger partial charge in [-0.05, 0) is 42.8 Å². The molecule has 0 aliphatic carbocycles. The molecule has 0 bridgehead atoms. The zero-order valence-corrected chi connectivity index (χ0v) is 18.4. The fraction of sp³-hybridized carbons (Fsp3) is 0.0769. The second-order valence-electron chi connectivity index (χ2n) is 7.68. The molecular formula is C26H18ClN3O3. The highest BCUT2D eigenvalue weighted by atomic mass is 35.5. The van der Waals surface area contributed by atoms with Gasteiger partial charge >= 0.3 is 5.97 Å². The molecular weight excluding hydrogens is 438 g/mol. The summed E-state index contributed by atoms with van der Waals surface area (Å²) in [7, 11) is 0. The van der Waals surface area contributed by atoms with E-state index in [0.29, 0.717) is 38.5 Å². The minimum absolute atomic E-state index is 0.120. The van der Waals surface area contributed by atoms with Crippen molar-refractivity contribution in [3.63, 3.8) is 0 Å². The minimum atomic E-state index is -0.519. The van der Waals surface area contributed by atoms with Crippen LogP contribution in [-0.4, -0.2) is 20.3 Å². The van der Waals surface area contributed by atoms with Crippen molar-refractivity contribution in [3.05, 3.63) is 111 Å². The number of esters is 1. The van der Waals surface area contributed by atoms with Crippen molar-refractivity contribution in [2.75, 3.05) is 0 Å². The SMILES string of the molecule is Cc1ccc2nc(COC(=O)c3cc(-c4ccc(Cl)cc4)nc4ccccc34)cc(=O)n2c1. The lowest BCUT2D eigenvalue weighted by Crippen LogP contribution is -2.17. The molecule has 0 radical (unpaired) electrons. The number of carbonyl (C=O) groups is 1. The van der Waals surface area contributed by atoms with Gasteiger partial charge in [0, 0.05) is 28.2 Å². The third kappa shape index (κ3) is 4.21. The summed E-state index contributed by atoms with van der Waals surface area (Å²) in [6, 6.07) is 21.4. The van der Waals surface area contributed by atoms with E-state index in [-0.39, 0.29) is 12.2 Å². The normalized spacial score (nSPS) is 11.1. The first-order valence-corrected chi connectivity index (χ1v) is 10.7. The number of carbonyl (C=O) groups excluding carboxylic acids is 1. The first-order valence-electron chi connectivity index (χ1n) is 10.3. The fourth-order valence-corrected chi connectivity index (χ4v) is 3.79. The fourth-order valence-electron chi connectivity index (χ4n) is 3.66. The predicted molar refractivity (Wildman–Crippen MR) is 128 cm³/mol. The van der Waals surface area contributed by atoms with Crippen molar-refractivity contribution in [2.24, 2.45) is 0 Å². The largest absolute Gasteiger partial charge is 0.456 e. The molecule has 0 aliphatic heterocycles. The molecule has 0 saturated heterocycles. The molecule has 0 N–H and O–H groups in total. The zero-order valence-electron chi connectivity index (χ0n) is 17.7. The van der Waals surface area contributed by atoms with Gasteiger partial charge in [-0.3, -0.25) is 9.20 Å². The summed E-state index contributed by atoms with van der Waals surface area (Å²) in [5, 5.41) is 1.30. The molecule has 5 rings (SSSR count). The van der Waals surface area contributed by atoms with Crippen molar-refractivity contribution < 1.29 is 9.53 Å². The van der Waals surface area contributed by atoms with Gasteiger partial charge in [-0.25, -0.2) is 14.8 Å². The van der Waals surface area contributed by atoms with E-state index in [9.17, 15) is 9.59 Å². The van der Waals surface area contributed by atoms with Crippen LogP contribution in [0.25, 0.3) is 27.8 Å². The Morgan fingerprint density at radius 3 is 2.61 bits per heavy atom. The van der Waals surface area contributed by atoms with Gasteiger partial charge in [-0.2, -0.15) is 0 Å². The van der Waals surface area contributed by atoms with Crippen molar-refractivity contribution in [1.82, 2.24) is 14.4 Å². The summed E-state index contributed by atoms with van der Waals surface area (Å²) in [5.41, 5.74) is 4.13. The molecule has 6 nitrogen and oxygen atoms in total. The van der Waals surface area contributed by atoms with E-state index >= 15 is 0 Å². The summed E-state index contributed by atoms with van der Waals surface area (Å²) in [4.78, 5) is 34.6. The van der Waals surface area contributed by atoms with Gasteiger partial charge < -0.3 is 4.74 Å². The van der Waals surface area contributed by atoms with Crippen LogP contribution in [0.4, 0.5) is 0 Å². The maximum absolute atomic E-state index is 13.1.